The molecule has 18 heavy (non-hydrogen) atoms. The van der Waals surface area contributed by atoms with E-state index in [1.165, 1.54) is 18.0 Å². The van der Waals surface area contributed by atoms with Crippen LogP contribution in [0.5, 0.6) is 0 Å². The van der Waals surface area contributed by atoms with Crippen LogP contribution in [0.1, 0.15) is 31.9 Å². The Kier molecular flexibility index (Phi) is 4.58. The number of furan rings is 1. The van der Waals surface area contributed by atoms with Crippen molar-refractivity contribution in [3.8, 4) is 0 Å². The quantitative estimate of drug-likeness (QED) is 0.656. The molecule has 1 aromatic rings. The van der Waals surface area contributed by atoms with Crippen molar-refractivity contribution < 1.29 is 9.21 Å². The number of carbonyl (C=O) groups is 1. The lowest BCUT2D eigenvalue weighted by molar-refractivity contribution is -0.118. The number of carbonyl (C=O) groups excluding carboxylic acids is 1. The topological polar surface area (TPSA) is 67.0 Å². The molecule has 1 aromatic heterocycles. The van der Waals surface area contributed by atoms with Crippen LogP contribution in [0.25, 0.3) is 0 Å². The molecule has 0 spiro atoms. The summed E-state index contributed by atoms with van der Waals surface area (Å²) >= 11 is 1.44. The number of amidine groups is 1. The Balaban J connectivity index is 1.89. The fourth-order valence-electron chi connectivity index (χ4n) is 1.53. The molecule has 0 aromatic carbocycles. The fourth-order valence-corrected chi connectivity index (χ4v) is 2.51. The minimum absolute atomic E-state index is 0.0255. The van der Waals surface area contributed by atoms with E-state index < -0.39 is 0 Å². The highest BCUT2D eigenvalue weighted by atomic mass is 32.2. The van der Waals surface area contributed by atoms with Crippen LogP contribution in [-0.2, 0) is 4.79 Å². The molecule has 1 saturated heterocycles. The predicted molar refractivity (Wildman–Crippen MR) is 72.8 cm³/mol. The average molecular weight is 265 g/mol. The minimum atomic E-state index is -0.0255. The Morgan fingerprint density at radius 1 is 1.61 bits per heavy atom. The number of amides is 1. The maximum Gasteiger partial charge on any atom is 0.239 e. The lowest BCUT2D eigenvalue weighted by Gasteiger charge is -2.01. The average Bonchev–Trinajstić information content (AvgIpc) is 2.97. The van der Waals surface area contributed by atoms with Crippen molar-refractivity contribution in [1.29, 1.82) is 0 Å². The largest absolute Gasteiger partial charge is 0.463 e. The summed E-state index contributed by atoms with van der Waals surface area (Å²) in [6, 6.07) is 3.56. The van der Waals surface area contributed by atoms with Gasteiger partial charge < -0.3 is 9.73 Å². The maximum atomic E-state index is 11.6. The van der Waals surface area contributed by atoms with Crippen molar-refractivity contribution in [1.82, 2.24) is 5.32 Å². The third-order valence-corrected chi connectivity index (χ3v) is 3.61. The maximum absolute atomic E-state index is 11.6. The number of hydrogen-bond acceptors (Lipinski definition) is 5. The summed E-state index contributed by atoms with van der Waals surface area (Å²) in [7, 11) is 0. The van der Waals surface area contributed by atoms with Gasteiger partial charge in [0.15, 0.2) is 5.17 Å². The van der Waals surface area contributed by atoms with Crippen LogP contribution in [0.4, 0.5) is 0 Å². The van der Waals surface area contributed by atoms with E-state index in [-0.39, 0.29) is 11.2 Å². The van der Waals surface area contributed by atoms with Crippen molar-refractivity contribution in [2.24, 2.45) is 10.2 Å². The lowest BCUT2D eigenvalue weighted by Crippen LogP contribution is -2.24. The second-order valence-corrected chi connectivity index (χ2v) is 5.09. The second-order valence-electron chi connectivity index (χ2n) is 3.90. The normalized spacial score (nSPS) is 21.9. The zero-order valence-corrected chi connectivity index (χ0v) is 10.9. The van der Waals surface area contributed by atoms with Gasteiger partial charge in [-0.25, -0.2) is 0 Å². The van der Waals surface area contributed by atoms with Gasteiger partial charge >= 0.3 is 0 Å². The first-order chi connectivity index (χ1) is 8.79. The zero-order chi connectivity index (χ0) is 12.8. The van der Waals surface area contributed by atoms with E-state index in [1.807, 2.05) is 0 Å². The highest BCUT2D eigenvalue weighted by Gasteiger charge is 2.29. The molecule has 0 saturated carbocycles. The second kappa shape index (κ2) is 6.39. The molecule has 1 aliphatic rings. The van der Waals surface area contributed by atoms with Crippen LogP contribution >= 0.6 is 11.8 Å². The SMILES string of the molecule is CCCC[C@@H]1SC(=NN=Cc2ccco2)NC1=O. The predicted octanol–water partition coefficient (Wildman–Crippen LogP) is 2.39. The molecule has 0 bridgehead atoms. The third-order valence-electron chi connectivity index (χ3n) is 2.47. The molecule has 96 valence electrons. The van der Waals surface area contributed by atoms with E-state index in [9.17, 15) is 4.79 Å². The summed E-state index contributed by atoms with van der Waals surface area (Å²) in [6.45, 7) is 2.11. The third kappa shape index (κ3) is 3.46. The van der Waals surface area contributed by atoms with Gasteiger partial charge in [0.05, 0.1) is 17.7 Å². The molecule has 5 nitrogen and oxygen atoms in total. The molecule has 1 fully saturated rings. The van der Waals surface area contributed by atoms with E-state index in [2.05, 4.69) is 22.4 Å². The molecule has 1 aliphatic heterocycles. The lowest BCUT2D eigenvalue weighted by atomic mass is 10.2. The number of unbranched alkanes of at least 4 members (excludes halogenated alkanes) is 1. The van der Waals surface area contributed by atoms with Crippen molar-refractivity contribution >= 4 is 29.1 Å². The highest BCUT2D eigenvalue weighted by molar-refractivity contribution is 8.15. The summed E-state index contributed by atoms with van der Waals surface area (Å²) in [6.07, 6.45) is 6.11. The van der Waals surface area contributed by atoms with E-state index in [1.54, 1.807) is 18.4 Å². The smallest absolute Gasteiger partial charge is 0.239 e. The first-order valence-electron chi connectivity index (χ1n) is 5.91. The van der Waals surface area contributed by atoms with Crippen LogP contribution in [-0.4, -0.2) is 22.5 Å². The van der Waals surface area contributed by atoms with Gasteiger partial charge in [0.25, 0.3) is 0 Å². The van der Waals surface area contributed by atoms with Crippen LogP contribution in [0, 0.1) is 0 Å². The monoisotopic (exact) mass is 265 g/mol. The van der Waals surface area contributed by atoms with Crippen LogP contribution in [0.3, 0.4) is 0 Å². The number of thioether (sulfide) groups is 1. The van der Waals surface area contributed by atoms with Crippen molar-refractivity contribution in [3.05, 3.63) is 24.2 Å². The Labute approximate surface area is 110 Å². The van der Waals surface area contributed by atoms with Crippen LogP contribution in [0.15, 0.2) is 33.0 Å². The molecule has 2 heterocycles. The molecule has 6 heteroatoms. The Morgan fingerprint density at radius 3 is 3.22 bits per heavy atom. The molecule has 0 radical (unpaired) electrons. The van der Waals surface area contributed by atoms with Crippen LogP contribution in [0.2, 0.25) is 0 Å². The Bertz CT molecular complexity index is 454. The molecule has 0 aliphatic carbocycles. The van der Waals surface area contributed by atoms with Crippen molar-refractivity contribution in [2.75, 3.05) is 0 Å². The summed E-state index contributed by atoms with van der Waals surface area (Å²) in [5.41, 5.74) is 0. The Hall–Kier alpha value is -1.56. The standard InChI is InChI=1S/C12H15N3O2S/c1-2-3-6-10-11(16)14-12(18-10)15-13-8-9-5-4-7-17-9/h4-5,7-8,10H,2-3,6H2,1H3,(H,14,15,16)/t10-/m0/s1. The van der Waals surface area contributed by atoms with Crippen molar-refractivity contribution in [2.45, 2.75) is 31.4 Å². The van der Waals surface area contributed by atoms with Gasteiger partial charge in [-0.3, -0.25) is 4.79 Å². The van der Waals surface area contributed by atoms with E-state index >= 15 is 0 Å². The molecular formula is C12H15N3O2S. The molecule has 1 atom stereocenters. The summed E-state index contributed by atoms with van der Waals surface area (Å²) in [4.78, 5) is 11.6. The first kappa shape index (κ1) is 12.9. The van der Waals surface area contributed by atoms with E-state index in [0.29, 0.717) is 10.9 Å². The molecule has 1 amide bonds. The minimum Gasteiger partial charge on any atom is -0.463 e. The highest BCUT2D eigenvalue weighted by Crippen LogP contribution is 2.23. The molecule has 0 unspecified atom stereocenters. The zero-order valence-electron chi connectivity index (χ0n) is 10.1. The first-order valence-corrected chi connectivity index (χ1v) is 6.79. The molecular weight excluding hydrogens is 250 g/mol. The van der Waals surface area contributed by atoms with Gasteiger partial charge in [0.2, 0.25) is 5.91 Å². The summed E-state index contributed by atoms with van der Waals surface area (Å²) in [5.74, 6) is 0.664. The van der Waals surface area contributed by atoms with E-state index in [0.717, 1.165) is 19.3 Å². The van der Waals surface area contributed by atoms with E-state index in [4.69, 9.17) is 4.42 Å². The van der Waals surface area contributed by atoms with Crippen molar-refractivity contribution in [3.63, 3.8) is 0 Å². The number of nitrogens with one attached hydrogen (secondary N) is 1. The van der Waals surface area contributed by atoms with Gasteiger partial charge in [-0.05, 0) is 18.6 Å². The Morgan fingerprint density at radius 2 is 2.50 bits per heavy atom. The van der Waals surface area contributed by atoms with Gasteiger partial charge in [0.1, 0.15) is 5.76 Å². The summed E-state index contributed by atoms with van der Waals surface area (Å²) < 4.78 is 5.08. The molecule has 2 rings (SSSR count). The van der Waals surface area contributed by atoms with Gasteiger partial charge in [-0.15, -0.1) is 5.10 Å². The number of rotatable bonds is 5. The summed E-state index contributed by atoms with van der Waals surface area (Å²) in [5, 5.41) is 11.1. The molecule has 1 N–H and O–H groups in total. The van der Waals surface area contributed by atoms with Gasteiger partial charge in [0, 0.05) is 0 Å². The fraction of sp³-hybridized carbons (Fsp3) is 0.417. The van der Waals surface area contributed by atoms with Gasteiger partial charge in [-0.2, -0.15) is 5.10 Å². The number of nitrogens with zero attached hydrogens (tertiary/aromatic N) is 2. The van der Waals surface area contributed by atoms with Gasteiger partial charge in [-0.1, -0.05) is 31.5 Å². The van der Waals surface area contributed by atoms with Crippen LogP contribution < -0.4 is 5.32 Å². The number of hydrogen-bond donors (Lipinski definition) is 1.